The van der Waals surface area contributed by atoms with Crippen molar-refractivity contribution in [2.24, 2.45) is 0 Å². The van der Waals surface area contributed by atoms with E-state index in [1.54, 1.807) is 6.07 Å². The fourth-order valence-corrected chi connectivity index (χ4v) is 2.06. The van der Waals surface area contributed by atoms with E-state index in [0.717, 1.165) is 26.2 Å². The van der Waals surface area contributed by atoms with E-state index in [9.17, 15) is 5.11 Å². The molecule has 0 amide bonds. The number of piperazine rings is 1. The van der Waals surface area contributed by atoms with Crippen LogP contribution in [0.5, 0.6) is 5.75 Å². The zero-order chi connectivity index (χ0) is 10.7. The molecule has 0 aromatic heterocycles. The summed E-state index contributed by atoms with van der Waals surface area (Å²) in [6.45, 7) is 6.47. The summed E-state index contributed by atoms with van der Waals surface area (Å²) >= 11 is 0. The molecule has 3 heteroatoms. The van der Waals surface area contributed by atoms with Gasteiger partial charge in [0.05, 0.1) is 0 Å². The first-order chi connectivity index (χ1) is 7.27. The summed E-state index contributed by atoms with van der Waals surface area (Å²) in [6, 6.07) is 7.94. The lowest BCUT2D eigenvalue weighted by atomic mass is 10.1. The predicted molar refractivity (Wildman–Crippen MR) is 61.0 cm³/mol. The molecule has 2 N–H and O–H groups in total. The molecule has 3 nitrogen and oxygen atoms in total. The highest BCUT2D eigenvalue weighted by atomic mass is 16.3. The second kappa shape index (κ2) is 4.64. The molecule has 0 bridgehead atoms. The van der Waals surface area contributed by atoms with E-state index in [0.29, 0.717) is 11.8 Å². The van der Waals surface area contributed by atoms with Gasteiger partial charge >= 0.3 is 0 Å². The van der Waals surface area contributed by atoms with Crippen LogP contribution in [0, 0.1) is 0 Å². The average molecular weight is 206 g/mol. The lowest BCUT2D eigenvalue weighted by Crippen LogP contribution is -2.44. The third kappa shape index (κ3) is 2.49. The summed E-state index contributed by atoms with van der Waals surface area (Å²) in [7, 11) is 0. The van der Waals surface area contributed by atoms with Gasteiger partial charge in [-0.05, 0) is 24.6 Å². The van der Waals surface area contributed by atoms with Crippen LogP contribution in [-0.2, 0) is 0 Å². The summed E-state index contributed by atoms with van der Waals surface area (Å²) < 4.78 is 0. The lowest BCUT2D eigenvalue weighted by molar-refractivity contribution is 0.185. The SMILES string of the molecule is CC(c1cccc(O)c1)N1CCNCC1. The second-order valence-electron chi connectivity index (χ2n) is 4.06. The third-order valence-electron chi connectivity index (χ3n) is 3.05. The Morgan fingerprint density at radius 2 is 2.07 bits per heavy atom. The molecule has 15 heavy (non-hydrogen) atoms. The summed E-state index contributed by atoms with van der Waals surface area (Å²) in [5.74, 6) is 0.356. The Morgan fingerprint density at radius 1 is 1.33 bits per heavy atom. The molecule has 1 fully saturated rings. The van der Waals surface area contributed by atoms with E-state index in [2.05, 4.69) is 23.2 Å². The Hall–Kier alpha value is -1.06. The van der Waals surface area contributed by atoms with Gasteiger partial charge in [0, 0.05) is 32.2 Å². The number of hydrogen-bond donors (Lipinski definition) is 2. The number of aromatic hydroxyl groups is 1. The molecule has 0 aliphatic carbocycles. The van der Waals surface area contributed by atoms with Gasteiger partial charge in [0.15, 0.2) is 0 Å². The first kappa shape index (κ1) is 10.5. The zero-order valence-corrected chi connectivity index (χ0v) is 9.11. The van der Waals surface area contributed by atoms with Gasteiger partial charge in [-0.3, -0.25) is 4.90 Å². The first-order valence-corrected chi connectivity index (χ1v) is 5.51. The fourth-order valence-electron chi connectivity index (χ4n) is 2.06. The molecule has 1 heterocycles. The van der Waals surface area contributed by atoms with E-state index in [1.807, 2.05) is 12.1 Å². The van der Waals surface area contributed by atoms with Crippen molar-refractivity contribution in [2.75, 3.05) is 26.2 Å². The summed E-state index contributed by atoms with van der Waals surface area (Å²) in [5.41, 5.74) is 1.19. The number of phenolic OH excluding ortho intramolecular Hbond substituents is 1. The number of nitrogens with one attached hydrogen (secondary N) is 1. The van der Waals surface area contributed by atoms with Crippen molar-refractivity contribution < 1.29 is 5.11 Å². The van der Waals surface area contributed by atoms with Crippen LogP contribution >= 0.6 is 0 Å². The van der Waals surface area contributed by atoms with Gasteiger partial charge in [-0.25, -0.2) is 0 Å². The Labute approximate surface area is 90.7 Å². The Kier molecular flexibility index (Phi) is 3.23. The van der Waals surface area contributed by atoms with Gasteiger partial charge in [-0.15, -0.1) is 0 Å². The minimum Gasteiger partial charge on any atom is -0.508 e. The minimum absolute atomic E-state index is 0.356. The molecule has 1 aliphatic rings. The van der Waals surface area contributed by atoms with Crippen molar-refractivity contribution in [3.05, 3.63) is 29.8 Å². The van der Waals surface area contributed by atoms with Crippen LogP contribution in [0.3, 0.4) is 0 Å². The highest BCUT2D eigenvalue weighted by Gasteiger charge is 2.17. The van der Waals surface area contributed by atoms with E-state index in [4.69, 9.17) is 0 Å². The molecule has 1 atom stereocenters. The number of benzene rings is 1. The van der Waals surface area contributed by atoms with Crippen molar-refractivity contribution >= 4 is 0 Å². The molecule has 0 saturated carbocycles. The van der Waals surface area contributed by atoms with Gasteiger partial charge < -0.3 is 10.4 Å². The number of rotatable bonds is 2. The van der Waals surface area contributed by atoms with E-state index < -0.39 is 0 Å². The third-order valence-corrected chi connectivity index (χ3v) is 3.05. The average Bonchev–Trinajstić information content (AvgIpc) is 2.29. The smallest absolute Gasteiger partial charge is 0.115 e. The molecule has 1 unspecified atom stereocenters. The monoisotopic (exact) mass is 206 g/mol. The maximum atomic E-state index is 9.43. The van der Waals surface area contributed by atoms with E-state index in [1.165, 1.54) is 5.56 Å². The van der Waals surface area contributed by atoms with Crippen molar-refractivity contribution in [1.29, 1.82) is 0 Å². The topological polar surface area (TPSA) is 35.5 Å². The van der Waals surface area contributed by atoms with Gasteiger partial charge in [0.25, 0.3) is 0 Å². The van der Waals surface area contributed by atoms with Crippen LogP contribution in [0.2, 0.25) is 0 Å². The lowest BCUT2D eigenvalue weighted by Gasteiger charge is -2.33. The molecule has 1 aromatic rings. The highest BCUT2D eigenvalue weighted by molar-refractivity contribution is 5.29. The van der Waals surface area contributed by atoms with E-state index >= 15 is 0 Å². The van der Waals surface area contributed by atoms with E-state index in [-0.39, 0.29) is 0 Å². The molecule has 1 saturated heterocycles. The van der Waals surface area contributed by atoms with Crippen molar-refractivity contribution in [3.63, 3.8) is 0 Å². The molecule has 1 aromatic carbocycles. The summed E-state index contributed by atoms with van der Waals surface area (Å²) in [5, 5.41) is 12.8. The Morgan fingerprint density at radius 3 is 2.73 bits per heavy atom. The van der Waals surface area contributed by atoms with Gasteiger partial charge in [0.2, 0.25) is 0 Å². The minimum atomic E-state index is 0.356. The second-order valence-corrected chi connectivity index (χ2v) is 4.06. The standard InChI is InChI=1S/C12H18N2O/c1-10(14-7-5-13-6-8-14)11-3-2-4-12(15)9-11/h2-4,9-10,13,15H,5-8H2,1H3. The molecular formula is C12H18N2O. The van der Waals surface area contributed by atoms with Gasteiger partial charge in [-0.2, -0.15) is 0 Å². The normalized spacial score (nSPS) is 20.1. The first-order valence-electron chi connectivity index (χ1n) is 5.51. The van der Waals surface area contributed by atoms with Crippen molar-refractivity contribution in [3.8, 4) is 5.75 Å². The molecule has 82 valence electrons. The summed E-state index contributed by atoms with van der Waals surface area (Å²) in [4.78, 5) is 2.44. The fraction of sp³-hybridized carbons (Fsp3) is 0.500. The van der Waals surface area contributed by atoms with Crippen LogP contribution in [0.1, 0.15) is 18.5 Å². The predicted octanol–water partition coefficient (Wildman–Crippen LogP) is 1.36. The quantitative estimate of drug-likeness (QED) is 0.767. The number of nitrogens with zero attached hydrogens (tertiary/aromatic N) is 1. The molecule has 0 spiro atoms. The van der Waals surface area contributed by atoms with Crippen LogP contribution in [0.15, 0.2) is 24.3 Å². The largest absolute Gasteiger partial charge is 0.508 e. The summed E-state index contributed by atoms with van der Waals surface area (Å²) in [6.07, 6.45) is 0. The molecule has 2 rings (SSSR count). The van der Waals surface area contributed by atoms with Crippen LogP contribution in [0.25, 0.3) is 0 Å². The zero-order valence-electron chi connectivity index (χ0n) is 9.11. The van der Waals surface area contributed by atoms with Gasteiger partial charge in [-0.1, -0.05) is 12.1 Å². The van der Waals surface area contributed by atoms with Crippen LogP contribution in [-0.4, -0.2) is 36.2 Å². The number of hydrogen-bond acceptors (Lipinski definition) is 3. The molecule has 1 aliphatic heterocycles. The van der Waals surface area contributed by atoms with Crippen LogP contribution in [0.4, 0.5) is 0 Å². The van der Waals surface area contributed by atoms with Gasteiger partial charge in [0.1, 0.15) is 5.75 Å². The maximum Gasteiger partial charge on any atom is 0.115 e. The van der Waals surface area contributed by atoms with Crippen molar-refractivity contribution in [1.82, 2.24) is 10.2 Å². The van der Waals surface area contributed by atoms with Crippen LogP contribution < -0.4 is 5.32 Å². The molecule has 0 radical (unpaired) electrons. The maximum absolute atomic E-state index is 9.43. The highest BCUT2D eigenvalue weighted by Crippen LogP contribution is 2.23. The number of phenols is 1. The molecular weight excluding hydrogens is 188 g/mol. The Bertz CT molecular complexity index is 321. The Balaban J connectivity index is 2.08. The van der Waals surface area contributed by atoms with Crippen molar-refractivity contribution in [2.45, 2.75) is 13.0 Å².